The highest BCUT2D eigenvalue weighted by Crippen LogP contribution is 2.37. The Kier molecular flexibility index (Phi) is 2.73. The molecular formula is C14H11Cl2N. The Bertz CT molecular complexity index is 566. The van der Waals surface area contributed by atoms with Crippen LogP contribution in [0, 0.1) is 0 Å². The highest BCUT2D eigenvalue weighted by atomic mass is 35.5. The number of hydrogen-bond donors (Lipinski definition) is 1. The fourth-order valence-electron chi connectivity index (χ4n) is 2.27. The molecule has 1 atom stereocenters. The molecule has 1 heterocycles. The lowest BCUT2D eigenvalue weighted by molar-refractivity contribution is 0.824. The minimum Gasteiger partial charge on any atom is -0.378 e. The van der Waals surface area contributed by atoms with Gasteiger partial charge < -0.3 is 5.32 Å². The summed E-state index contributed by atoms with van der Waals surface area (Å²) in [5.74, 6) is 0. The molecule has 0 saturated carbocycles. The molecule has 2 aromatic carbocycles. The first-order chi connectivity index (χ1) is 8.24. The van der Waals surface area contributed by atoms with Gasteiger partial charge in [-0.15, -0.1) is 0 Å². The molecule has 86 valence electrons. The first-order valence-corrected chi connectivity index (χ1v) is 6.29. The Morgan fingerprint density at radius 3 is 2.71 bits per heavy atom. The molecule has 3 heteroatoms. The number of halogens is 2. The van der Waals surface area contributed by atoms with Crippen molar-refractivity contribution in [3.05, 3.63) is 63.6 Å². The van der Waals surface area contributed by atoms with E-state index >= 15 is 0 Å². The fraction of sp³-hybridized carbons (Fsp3) is 0.143. The van der Waals surface area contributed by atoms with Crippen molar-refractivity contribution >= 4 is 28.9 Å². The predicted octanol–water partition coefficient (Wildman–Crippen LogP) is 4.70. The molecule has 3 rings (SSSR count). The lowest BCUT2D eigenvalue weighted by Gasteiger charge is -2.13. The van der Waals surface area contributed by atoms with Gasteiger partial charge in [0.1, 0.15) is 0 Å². The summed E-state index contributed by atoms with van der Waals surface area (Å²) in [6.45, 7) is 0. The molecule has 1 aliphatic heterocycles. The number of hydrogen-bond acceptors (Lipinski definition) is 1. The van der Waals surface area contributed by atoms with Crippen molar-refractivity contribution in [2.75, 3.05) is 5.32 Å². The molecule has 0 amide bonds. The fourth-order valence-corrected chi connectivity index (χ4v) is 2.70. The van der Waals surface area contributed by atoms with Crippen molar-refractivity contribution in [1.29, 1.82) is 0 Å². The first kappa shape index (κ1) is 10.9. The molecule has 0 fully saturated rings. The number of benzene rings is 2. The SMILES string of the molecule is Clc1ccc2c(c1)NC(c1ccccc1Cl)C2. The van der Waals surface area contributed by atoms with Crippen molar-refractivity contribution in [3.63, 3.8) is 0 Å². The van der Waals surface area contributed by atoms with Crippen LogP contribution in [0.4, 0.5) is 5.69 Å². The van der Waals surface area contributed by atoms with Crippen LogP contribution >= 0.6 is 23.2 Å². The Morgan fingerprint density at radius 1 is 1.06 bits per heavy atom. The minimum atomic E-state index is 0.247. The van der Waals surface area contributed by atoms with Crippen LogP contribution in [-0.2, 0) is 6.42 Å². The minimum absolute atomic E-state index is 0.247. The van der Waals surface area contributed by atoms with Gasteiger partial charge in [-0.05, 0) is 35.7 Å². The molecule has 1 N–H and O–H groups in total. The van der Waals surface area contributed by atoms with E-state index in [-0.39, 0.29) is 6.04 Å². The molecular weight excluding hydrogens is 253 g/mol. The average molecular weight is 264 g/mol. The molecule has 1 nitrogen and oxygen atoms in total. The second kappa shape index (κ2) is 4.25. The second-order valence-electron chi connectivity index (χ2n) is 4.22. The third kappa shape index (κ3) is 2.01. The summed E-state index contributed by atoms with van der Waals surface area (Å²) in [6.07, 6.45) is 0.955. The lowest BCUT2D eigenvalue weighted by atomic mass is 10.0. The van der Waals surface area contributed by atoms with Gasteiger partial charge in [-0.25, -0.2) is 0 Å². The van der Waals surface area contributed by atoms with Gasteiger partial charge in [-0.3, -0.25) is 0 Å². The molecule has 0 radical (unpaired) electrons. The second-order valence-corrected chi connectivity index (χ2v) is 5.07. The predicted molar refractivity (Wildman–Crippen MR) is 73.0 cm³/mol. The molecule has 0 saturated heterocycles. The van der Waals surface area contributed by atoms with Gasteiger partial charge in [0.25, 0.3) is 0 Å². The van der Waals surface area contributed by atoms with E-state index in [9.17, 15) is 0 Å². The standard InChI is InChI=1S/C14H11Cl2N/c15-10-6-5-9-7-14(17-13(9)8-10)11-3-1-2-4-12(11)16/h1-6,8,14,17H,7H2. The van der Waals surface area contributed by atoms with Crippen LogP contribution in [0.15, 0.2) is 42.5 Å². The van der Waals surface area contributed by atoms with Crippen LogP contribution in [0.5, 0.6) is 0 Å². The number of fused-ring (bicyclic) bond motifs is 1. The summed E-state index contributed by atoms with van der Waals surface area (Å²) in [5.41, 5.74) is 3.54. The van der Waals surface area contributed by atoms with E-state index in [0.717, 1.165) is 27.7 Å². The largest absolute Gasteiger partial charge is 0.378 e. The van der Waals surface area contributed by atoms with Gasteiger partial charge >= 0.3 is 0 Å². The molecule has 0 aromatic heterocycles. The lowest BCUT2D eigenvalue weighted by Crippen LogP contribution is -2.05. The molecule has 1 aliphatic rings. The highest BCUT2D eigenvalue weighted by Gasteiger charge is 2.23. The smallest absolute Gasteiger partial charge is 0.0569 e. The van der Waals surface area contributed by atoms with E-state index in [2.05, 4.69) is 17.4 Å². The molecule has 1 unspecified atom stereocenters. The average Bonchev–Trinajstić information content (AvgIpc) is 2.72. The summed E-state index contributed by atoms with van der Waals surface area (Å²) < 4.78 is 0. The molecule has 0 aliphatic carbocycles. The van der Waals surface area contributed by atoms with Crippen LogP contribution in [0.3, 0.4) is 0 Å². The zero-order valence-corrected chi connectivity index (χ0v) is 10.6. The van der Waals surface area contributed by atoms with E-state index in [1.54, 1.807) is 0 Å². The maximum absolute atomic E-state index is 6.21. The van der Waals surface area contributed by atoms with Crippen molar-refractivity contribution in [2.45, 2.75) is 12.5 Å². The van der Waals surface area contributed by atoms with Gasteiger partial charge in [0, 0.05) is 15.7 Å². The van der Waals surface area contributed by atoms with Crippen LogP contribution in [0.1, 0.15) is 17.2 Å². The van der Waals surface area contributed by atoms with Gasteiger partial charge in [-0.1, -0.05) is 47.5 Å². The van der Waals surface area contributed by atoms with Crippen molar-refractivity contribution in [3.8, 4) is 0 Å². The Balaban J connectivity index is 1.94. The monoisotopic (exact) mass is 263 g/mol. The summed E-state index contributed by atoms with van der Waals surface area (Å²) in [7, 11) is 0. The third-order valence-electron chi connectivity index (χ3n) is 3.11. The Morgan fingerprint density at radius 2 is 1.88 bits per heavy atom. The summed E-state index contributed by atoms with van der Waals surface area (Å²) in [5, 5.41) is 5.03. The van der Waals surface area contributed by atoms with Gasteiger partial charge in [0.05, 0.1) is 6.04 Å². The highest BCUT2D eigenvalue weighted by molar-refractivity contribution is 6.31. The molecule has 2 aromatic rings. The van der Waals surface area contributed by atoms with E-state index in [1.165, 1.54) is 5.56 Å². The van der Waals surface area contributed by atoms with Gasteiger partial charge in [0.15, 0.2) is 0 Å². The van der Waals surface area contributed by atoms with Crippen LogP contribution in [-0.4, -0.2) is 0 Å². The van der Waals surface area contributed by atoms with Crippen LogP contribution in [0.2, 0.25) is 10.0 Å². The number of nitrogens with one attached hydrogen (secondary N) is 1. The first-order valence-electron chi connectivity index (χ1n) is 5.53. The summed E-state index contributed by atoms with van der Waals surface area (Å²) in [6, 6.07) is 14.2. The van der Waals surface area contributed by atoms with Gasteiger partial charge in [0.2, 0.25) is 0 Å². The quantitative estimate of drug-likeness (QED) is 0.787. The van der Waals surface area contributed by atoms with Crippen LogP contribution in [0.25, 0.3) is 0 Å². The molecule has 17 heavy (non-hydrogen) atoms. The van der Waals surface area contributed by atoms with E-state index < -0.39 is 0 Å². The summed E-state index contributed by atoms with van der Waals surface area (Å²) >= 11 is 12.2. The molecule has 0 spiro atoms. The molecule has 0 bridgehead atoms. The van der Waals surface area contributed by atoms with E-state index in [1.807, 2.05) is 30.3 Å². The Hall–Kier alpha value is -1.18. The number of rotatable bonds is 1. The third-order valence-corrected chi connectivity index (χ3v) is 3.69. The zero-order chi connectivity index (χ0) is 11.8. The topological polar surface area (TPSA) is 12.0 Å². The van der Waals surface area contributed by atoms with E-state index in [0.29, 0.717) is 0 Å². The maximum atomic E-state index is 6.21. The summed E-state index contributed by atoms with van der Waals surface area (Å²) in [4.78, 5) is 0. The normalized spacial score (nSPS) is 17.6. The number of anilines is 1. The van der Waals surface area contributed by atoms with Crippen molar-refractivity contribution in [1.82, 2.24) is 0 Å². The maximum Gasteiger partial charge on any atom is 0.0569 e. The van der Waals surface area contributed by atoms with Crippen molar-refractivity contribution in [2.24, 2.45) is 0 Å². The van der Waals surface area contributed by atoms with E-state index in [4.69, 9.17) is 23.2 Å². The van der Waals surface area contributed by atoms with Gasteiger partial charge in [-0.2, -0.15) is 0 Å². The van der Waals surface area contributed by atoms with Crippen LogP contribution < -0.4 is 5.32 Å². The Labute approximate surface area is 110 Å². The van der Waals surface area contributed by atoms with Crippen molar-refractivity contribution < 1.29 is 0 Å². The zero-order valence-electron chi connectivity index (χ0n) is 9.08.